The molecular weight excluding hydrogens is 421 g/mol. The van der Waals surface area contributed by atoms with Crippen LogP contribution in [0, 0.1) is 0 Å². The van der Waals surface area contributed by atoms with Crippen molar-refractivity contribution in [2.45, 2.75) is 63.1 Å². The number of halogens is 2. The van der Waals surface area contributed by atoms with Crippen molar-refractivity contribution in [1.82, 2.24) is 4.90 Å². The summed E-state index contributed by atoms with van der Waals surface area (Å²) in [6.45, 7) is 1.84. The smallest absolute Gasteiger partial charge is 0.255 e. The summed E-state index contributed by atoms with van der Waals surface area (Å²) in [6.07, 6.45) is 2.92. The largest absolute Gasteiger partial charge is 0.391 e. The molecule has 1 N–H and O–H groups in total. The zero-order chi connectivity index (χ0) is 21.4. The summed E-state index contributed by atoms with van der Waals surface area (Å²) < 4.78 is 0. The van der Waals surface area contributed by atoms with Crippen LogP contribution in [0.25, 0.3) is 0 Å². The highest BCUT2D eigenvalue weighted by Gasteiger charge is 2.48. The first-order valence-electron chi connectivity index (χ1n) is 10.5. The molecule has 0 saturated heterocycles. The molecule has 0 unspecified atom stereocenters. The average Bonchev–Trinajstić information content (AvgIpc) is 2.74. The molecule has 30 heavy (non-hydrogen) atoms. The van der Waals surface area contributed by atoms with Crippen molar-refractivity contribution >= 4 is 34.9 Å². The molecule has 1 amide bonds. The molecule has 0 spiro atoms. The van der Waals surface area contributed by atoms with Gasteiger partial charge in [0.05, 0.1) is 24.1 Å². The highest BCUT2D eigenvalue weighted by Crippen LogP contribution is 2.48. The number of aliphatic hydroxyl groups excluding tert-OH is 1. The van der Waals surface area contributed by atoms with Crippen LogP contribution in [0.5, 0.6) is 0 Å². The van der Waals surface area contributed by atoms with Crippen LogP contribution in [0.3, 0.4) is 0 Å². The third-order valence-corrected chi connectivity index (χ3v) is 6.97. The molecule has 0 bridgehead atoms. The highest BCUT2D eigenvalue weighted by atomic mass is 35.5. The van der Waals surface area contributed by atoms with Crippen LogP contribution in [-0.4, -0.2) is 33.8 Å². The average molecular weight is 446 g/mol. The maximum Gasteiger partial charge on any atom is 0.255 e. The standard InChI is InChI=1S/C24H25Cl2NO3/c1-2-20(28)22-15-7-3-4-8-16(15)24(30)27(19-9-5-6-10-21(19)29)23(22)17-12-11-14(25)13-18(17)26/h3-4,7-8,11-13,19,21-23,29H,2,5-6,9-10H2,1H3/t19-,21-,22-,23-/m0/s1. The monoisotopic (exact) mass is 445 g/mol. The molecule has 158 valence electrons. The molecule has 6 heteroatoms. The lowest BCUT2D eigenvalue weighted by Crippen LogP contribution is -2.54. The van der Waals surface area contributed by atoms with Gasteiger partial charge < -0.3 is 10.0 Å². The van der Waals surface area contributed by atoms with Crippen LogP contribution < -0.4 is 0 Å². The SMILES string of the molecule is CCC(=O)[C@@H]1c2ccccc2C(=O)N([C@H]2CCCC[C@@H]2O)[C@H]1c1ccc(Cl)cc1Cl. The molecule has 1 fully saturated rings. The van der Waals surface area contributed by atoms with E-state index in [0.29, 0.717) is 40.4 Å². The van der Waals surface area contributed by atoms with Crippen LogP contribution in [0.4, 0.5) is 0 Å². The number of ketones is 1. The lowest BCUT2D eigenvalue weighted by Gasteiger charge is -2.48. The van der Waals surface area contributed by atoms with E-state index < -0.39 is 18.1 Å². The van der Waals surface area contributed by atoms with Crippen LogP contribution in [-0.2, 0) is 4.79 Å². The van der Waals surface area contributed by atoms with Crippen molar-refractivity contribution in [3.63, 3.8) is 0 Å². The van der Waals surface area contributed by atoms with Crippen LogP contribution >= 0.6 is 23.2 Å². The molecule has 1 saturated carbocycles. The Morgan fingerprint density at radius 3 is 2.53 bits per heavy atom. The van der Waals surface area contributed by atoms with Crippen molar-refractivity contribution in [3.8, 4) is 0 Å². The number of Topliss-reactive ketones (excluding diaryl/α,β-unsaturated/α-hetero) is 1. The van der Waals surface area contributed by atoms with Gasteiger partial charge in [0, 0.05) is 22.0 Å². The Morgan fingerprint density at radius 2 is 1.83 bits per heavy atom. The predicted molar refractivity (Wildman–Crippen MR) is 118 cm³/mol. The van der Waals surface area contributed by atoms with Gasteiger partial charge in [-0.2, -0.15) is 0 Å². The Kier molecular flexibility index (Phi) is 6.19. The van der Waals surface area contributed by atoms with Gasteiger partial charge >= 0.3 is 0 Å². The number of hydrogen-bond acceptors (Lipinski definition) is 3. The molecule has 4 atom stereocenters. The number of aliphatic hydroxyl groups is 1. The number of fused-ring (bicyclic) bond motifs is 1. The van der Waals surface area contributed by atoms with Crippen LogP contribution in [0.15, 0.2) is 42.5 Å². The normalized spacial score (nSPS) is 26.4. The van der Waals surface area contributed by atoms with Crippen LogP contribution in [0.1, 0.15) is 72.5 Å². The van der Waals surface area contributed by atoms with E-state index in [1.165, 1.54) is 0 Å². The fraction of sp³-hybridized carbons (Fsp3) is 0.417. The Bertz CT molecular complexity index is 977. The lowest BCUT2D eigenvalue weighted by atomic mass is 9.75. The summed E-state index contributed by atoms with van der Waals surface area (Å²) in [5.41, 5.74) is 1.95. The van der Waals surface area contributed by atoms with E-state index in [-0.39, 0.29) is 17.7 Å². The molecule has 0 radical (unpaired) electrons. The van der Waals surface area contributed by atoms with E-state index in [0.717, 1.165) is 18.4 Å². The summed E-state index contributed by atoms with van der Waals surface area (Å²) in [5, 5.41) is 11.7. The fourth-order valence-electron chi connectivity index (χ4n) is 4.97. The Balaban J connectivity index is 1.95. The van der Waals surface area contributed by atoms with Gasteiger partial charge in [0.1, 0.15) is 5.78 Å². The molecule has 0 aromatic heterocycles. The summed E-state index contributed by atoms with van der Waals surface area (Å²) in [4.78, 5) is 28.7. The molecule has 4 nitrogen and oxygen atoms in total. The zero-order valence-corrected chi connectivity index (χ0v) is 18.4. The minimum Gasteiger partial charge on any atom is -0.391 e. The maximum atomic E-state index is 13.7. The van der Waals surface area contributed by atoms with Crippen LogP contribution in [0.2, 0.25) is 10.0 Å². The van der Waals surface area contributed by atoms with Crippen molar-refractivity contribution in [2.24, 2.45) is 0 Å². The number of rotatable bonds is 4. The van der Waals surface area contributed by atoms with E-state index >= 15 is 0 Å². The second-order valence-electron chi connectivity index (χ2n) is 8.13. The third kappa shape index (κ3) is 3.66. The maximum absolute atomic E-state index is 13.7. The molecule has 1 heterocycles. The number of benzene rings is 2. The van der Waals surface area contributed by atoms with E-state index in [1.807, 2.05) is 25.1 Å². The Morgan fingerprint density at radius 1 is 1.10 bits per heavy atom. The minimum absolute atomic E-state index is 0.0428. The van der Waals surface area contributed by atoms with Gasteiger partial charge in [0.15, 0.2) is 0 Å². The van der Waals surface area contributed by atoms with Gasteiger partial charge in [-0.25, -0.2) is 0 Å². The second-order valence-corrected chi connectivity index (χ2v) is 8.97. The van der Waals surface area contributed by atoms with Crippen molar-refractivity contribution in [1.29, 1.82) is 0 Å². The molecule has 1 aliphatic heterocycles. The van der Waals surface area contributed by atoms with E-state index in [1.54, 1.807) is 29.2 Å². The molecule has 4 rings (SSSR count). The van der Waals surface area contributed by atoms with Gasteiger partial charge in [-0.05, 0) is 42.2 Å². The van der Waals surface area contributed by atoms with E-state index in [2.05, 4.69) is 0 Å². The van der Waals surface area contributed by atoms with Gasteiger partial charge in [-0.15, -0.1) is 0 Å². The Hall–Kier alpha value is -1.88. The van der Waals surface area contributed by atoms with Crippen molar-refractivity contribution in [2.75, 3.05) is 0 Å². The third-order valence-electron chi connectivity index (χ3n) is 6.40. The first kappa shape index (κ1) is 21.4. The lowest BCUT2D eigenvalue weighted by molar-refractivity contribution is -0.122. The van der Waals surface area contributed by atoms with E-state index in [4.69, 9.17) is 23.2 Å². The highest BCUT2D eigenvalue weighted by molar-refractivity contribution is 6.35. The molecule has 1 aliphatic carbocycles. The summed E-state index contributed by atoms with van der Waals surface area (Å²) in [7, 11) is 0. The number of hydrogen-bond donors (Lipinski definition) is 1. The molecule has 2 aromatic carbocycles. The van der Waals surface area contributed by atoms with E-state index in [9.17, 15) is 14.7 Å². The van der Waals surface area contributed by atoms with Crippen molar-refractivity contribution < 1.29 is 14.7 Å². The summed E-state index contributed by atoms with van der Waals surface area (Å²) >= 11 is 12.7. The predicted octanol–water partition coefficient (Wildman–Crippen LogP) is 5.56. The second kappa shape index (κ2) is 8.70. The topological polar surface area (TPSA) is 57.6 Å². The quantitative estimate of drug-likeness (QED) is 0.670. The van der Waals surface area contributed by atoms with Gasteiger partial charge in [-0.1, -0.05) is 67.2 Å². The number of nitrogens with zero attached hydrogens (tertiary/aromatic N) is 1. The summed E-state index contributed by atoms with van der Waals surface area (Å²) in [6, 6.07) is 11.5. The van der Waals surface area contributed by atoms with Crippen molar-refractivity contribution in [3.05, 3.63) is 69.2 Å². The van der Waals surface area contributed by atoms with Gasteiger partial charge in [0.25, 0.3) is 5.91 Å². The minimum atomic E-state index is -0.626. The molecule has 2 aromatic rings. The summed E-state index contributed by atoms with van der Waals surface area (Å²) in [5.74, 6) is -0.661. The van der Waals surface area contributed by atoms with Gasteiger partial charge in [0.2, 0.25) is 0 Å². The molecule has 2 aliphatic rings. The first-order chi connectivity index (χ1) is 14.4. The number of carbonyl (C=O) groups is 2. The zero-order valence-electron chi connectivity index (χ0n) is 16.9. The fourth-order valence-corrected chi connectivity index (χ4v) is 5.49. The number of amides is 1. The number of carbonyl (C=O) groups excluding carboxylic acids is 2. The van der Waals surface area contributed by atoms with Gasteiger partial charge in [-0.3, -0.25) is 9.59 Å². The Labute approximate surface area is 186 Å². The first-order valence-corrected chi connectivity index (χ1v) is 11.3. The molecular formula is C24H25Cl2NO3.